The van der Waals surface area contributed by atoms with Crippen LogP contribution >= 0.6 is 0 Å². The third-order valence-corrected chi connectivity index (χ3v) is 8.04. The second-order valence-corrected chi connectivity index (χ2v) is 10.5. The molecule has 0 aromatic heterocycles. The standard InChI is InChI=1S/C33H38/c1-4-25-14-13-23(2)33(20-25)24(3)17-29-11-8-12-32(29)31-21-28-16-15-27(19-30(28)22-31)18-26-9-6-5-7-10-26/h11-16,19-20,22,26H,3-10,17-18,21H2,1-2H3. The normalized spacial score (nSPS) is 18.1. The Hall–Kier alpha value is -2.60. The van der Waals surface area contributed by atoms with E-state index in [4.69, 9.17) is 0 Å². The van der Waals surface area contributed by atoms with Gasteiger partial charge in [-0.05, 0) is 101 Å². The van der Waals surface area contributed by atoms with Crippen molar-refractivity contribution < 1.29 is 0 Å². The van der Waals surface area contributed by atoms with Gasteiger partial charge in [0.15, 0.2) is 0 Å². The molecule has 0 heteroatoms. The van der Waals surface area contributed by atoms with Crippen molar-refractivity contribution in [3.8, 4) is 0 Å². The van der Waals surface area contributed by atoms with Crippen LogP contribution in [0.4, 0.5) is 0 Å². The van der Waals surface area contributed by atoms with E-state index in [0.29, 0.717) is 0 Å². The van der Waals surface area contributed by atoms with Crippen LogP contribution in [0.2, 0.25) is 0 Å². The van der Waals surface area contributed by atoms with Crippen molar-refractivity contribution in [3.63, 3.8) is 0 Å². The van der Waals surface area contributed by atoms with Gasteiger partial charge in [-0.2, -0.15) is 0 Å². The van der Waals surface area contributed by atoms with E-state index in [-0.39, 0.29) is 0 Å². The molecule has 0 nitrogen and oxygen atoms in total. The summed E-state index contributed by atoms with van der Waals surface area (Å²) >= 11 is 0. The number of hydrogen-bond acceptors (Lipinski definition) is 0. The quantitative estimate of drug-likeness (QED) is 0.408. The van der Waals surface area contributed by atoms with E-state index >= 15 is 0 Å². The van der Waals surface area contributed by atoms with Gasteiger partial charge in [0.25, 0.3) is 0 Å². The van der Waals surface area contributed by atoms with E-state index in [1.165, 1.54) is 94.2 Å². The average Bonchev–Trinajstić information content (AvgIpc) is 3.46. The SMILES string of the molecule is C=C(CC1=CCC=C1C1=Cc2cc(CC3CCCCC3)ccc2C1)c1cc(CC)ccc1C. The predicted octanol–water partition coefficient (Wildman–Crippen LogP) is 8.98. The minimum Gasteiger partial charge on any atom is -0.0949 e. The molecule has 0 unspecified atom stereocenters. The Bertz CT molecular complexity index is 1140. The van der Waals surface area contributed by atoms with Gasteiger partial charge in [-0.15, -0.1) is 0 Å². The van der Waals surface area contributed by atoms with Crippen LogP contribution in [0.1, 0.15) is 85.3 Å². The summed E-state index contributed by atoms with van der Waals surface area (Å²) in [5.74, 6) is 0.898. The highest BCUT2D eigenvalue weighted by Crippen LogP contribution is 2.39. The van der Waals surface area contributed by atoms with Crippen molar-refractivity contribution in [2.45, 2.75) is 78.1 Å². The fourth-order valence-corrected chi connectivity index (χ4v) is 6.07. The van der Waals surface area contributed by atoms with Gasteiger partial charge in [0, 0.05) is 0 Å². The van der Waals surface area contributed by atoms with Crippen molar-refractivity contribution >= 4 is 11.6 Å². The zero-order chi connectivity index (χ0) is 22.8. The Kier molecular flexibility index (Phi) is 6.54. The lowest BCUT2D eigenvalue weighted by atomic mass is 9.84. The molecular formula is C33H38. The minimum atomic E-state index is 0.898. The summed E-state index contributed by atoms with van der Waals surface area (Å²) < 4.78 is 0. The van der Waals surface area contributed by atoms with Crippen LogP contribution in [0, 0.1) is 12.8 Å². The van der Waals surface area contributed by atoms with Gasteiger partial charge in [-0.1, -0.05) is 100 Å². The highest BCUT2D eigenvalue weighted by molar-refractivity contribution is 5.76. The smallest absolute Gasteiger partial charge is 0.00137 e. The van der Waals surface area contributed by atoms with Crippen molar-refractivity contribution in [2.75, 3.05) is 0 Å². The maximum absolute atomic E-state index is 4.50. The predicted molar refractivity (Wildman–Crippen MR) is 143 cm³/mol. The molecule has 170 valence electrons. The van der Waals surface area contributed by atoms with Gasteiger partial charge in [0.05, 0.1) is 0 Å². The molecule has 3 aliphatic carbocycles. The van der Waals surface area contributed by atoms with E-state index in [1.807, 2.05) is 0 Å². The molecule has 5 rings (SSSR count). The number of aryl methyl sites for hydroxylation is 2. The molecule has 3 aliphatic rings. The van der Waals surface area contributed by atoms with Crippen LogP contribution in [0.25, 0.3) is 11.6 Å². The average molecular weight is 435 g/mol. The van der Waals surface area contributed by atoms with Gasteiger partial charge >= 0.3 is 0 Å². The van der Waals surface area contributed by atoms with Gasteiger partial charge in [-0.3, -0.25) is 0 Å². The van der Waals surface area contributed by atoms with Crippen LogP contribution in [0.5, 0.6) is 0 Å². The summed E-state index contributed by atoms with van der Waals surface area (Å²) in [6.45, 7) is 8.94. The maximum atomic E-state index is 4.50. The van der Waals surface area contributed by atoms with E-state index in [0.717, 1.165) is 31.6 Å². The summed E-state index contributed by atoms with van der Waals surface area (Å²) in [5, 5.41) is 0. The first-order valence-corrected chi connectivity index (χ1v) is 13.1. The van der Waals surface area contributed by atoms with Crippen LogP contribution < -0.4 is 0 Å². The molecule has 0 aliphatic heterocycles. The van der Waals surface area contributed by atoms with E-state index < -0.39 is 0 Å². The number of allylic oxidation sites excluding steroid dienone is 6. The zero-order valence-electron chi connectivity index (χ0n) is 20.6. The molecule has 0 radical (unpaired) electrons. The maximum Gasteiger partial charge on any atom is -0.00137 e. The first-order valence-electron chi connectivity index (χ1n) is 13.1. The first kappa shape index (κ1) is 22.2. The Morgan fingerprint density at radius 2 is 1.79 bits per heavy atom. The molecule has 0 atom stereocenters. The fourth-order valence-electron chi connectivity index (χ4n) is 6.07. The second-order valence-electron chi connectivity index (χ2n) is 10.5. The number of hydrogen-bond donors (Lipinski definition) is 0. The Balaban J connectivity index is 1.30. The van der Waals surface area contributed by atoms with Crippen LogP contribution in [-0.4, -0.2) is 0 Å². The van der Waals surface area contributed by atoms with Gasteiger partial charge in [0.1, 0.15) is 0 Å². The molecule has 2 aromatic carbocycles. The lowest BCUT2D eigenvalue weighted by Gasteiger charge is -2.21. The second kappa shape index (κ2) is 9.72. The van der Waals surface area contributed by atoms with Crippen LogP contribution in [0.3, 0.4) is 0 Å². The van der Waals surface area contributed by atoms with Crippen molar-refractivity contribution in [3.05, 3.63) is 105 Å². The summed E-state index contributed by atoms with van der Waals surface area (Å²) in [7, 11) is 0. The number of benzene rings is 2. The monoisotopic (exact) mass is 434 g/mol. The summed E-state index contributed by atoms with van der Waals surface area (Å²) in [5.41, 5.74) is 14.2. The van der Waals surface area contributed by atoms with Gasteiger partial charge in [0.2, 0.25) is 0 Å². The number of rotatable bonds is 7. The van der Waals surface area contributed by atoms with E-state index in [2.05, 4.69) is 75.1 Å². The minimum absolute atomic E-state index is 0.898. The summed E-state index contributed by atoms with van der Waals surface area (Å²) in [6.07, 6.45) is 19.8. The Labute approximate surface area is 200 Å². The van der Waals surface area contributed by atoms with Crippen molar-refractivity contribution in [1.29, 1.82) is 0 Å². The zero-order valence-corrected chi connectivity index (χ0v) is 20.6. The fraction of sp³-hybridized carbons (Fsp3) is 0.394. The Morgan fingerprint density at radius 3 is 2.61 bits per heavy atom. The molecule has 0 heterocycles. The lowest BCUT2D eigenvalue weighted by molar-refractivity contribution is 0.356. The summed E-state index contributed by atoms with van der Waals surface area (Å²) in [4.78, 5) is 0. The largest absolute Gasteiger partial charge is 0.0949 e. The van der Waals surface area contributed by atoms with Crippen LogP contribution in [-0.2, 0) is 19.3 Å². The molecule has 0 spiro atoms. The highest BCUT2D eigenvalue weighted by atomic mass is 14.3. The molecule has 33 heavy (non-hydrogen) atoms. The third kappa shape index (κ3) is 4.86. The highest BCUT2D eigenvalue weighted by Gasteiger charge is 2.22. The molecular weight excluding hydrogens is 396 g/mol. The molecule has 0 amide bonds. The topological polar surface area (TPSA) is 0 Å². The molecule has 1 saturated carbocycles. The van der Waals surface area contributed by atoms with Crippen molar-refractivity contribution in [1.82, 2.24) is 0 Å². The molecule has 1 fully saturated rings. The molecule has 0 bridgehead atoms. The number of fused-ring (bicyclic) bond motifs is 1. The van der Waals surface area contributed by atoms with Crippen LogP contribution in [0.15, 0.2) is 71.8 Å². The van der Waals surface area contributed by atoms with E-state index in [9.17, 15) is 0 Å². The van der Waals surface area contributed by atoms with Gasteiger partial charge in [-0.25, -0.2) is 0 Å². The lowest BCUT2D eigenvalue weighted by Crippen LogP contribution is -2.09. The van der Waals surface area contributed by atoms with Crippen molar-refractivity contribution in [2.24, 2.45) is 5.92 Å². The molecule has 0 N–H and O–H groups in total. The van der Waals surface area contributed by atoms with E-state index in [1.54, 1.807) is 0 Å². The molecule has 2 aromatic rings. The van der Waals surface area contributed by atoms with Gasteiger partial charge < -0.3 is 0 Å². The molecule has 0 saturated heterocycles. The third-order valence-electron chi connectivity index (χ3n) is 8.04. The summed E-state index contributed by atoms with van der Waals surface area (Å²) in [6, 6.07) is 14.1. The first-order chi connectivity index (χ1) is 16.1. The Morgan fingerprint density at radius 1 is 0.970 bits per heavy atom.